The molecule has 0 radical (unpaired) electrons. The molecule has 0 aliphatic carbocycles. The number of carbonyl (C=O) groups excluding carboxylic acids is 2. The van der Waals surface area contributed by atoms with Crippen LogP contribution in [0, 0.1) is 12.7 Å². The maximum atomic E-state index is 13.8. The van der Waals surface area contributed by atoms with E-state index in [1.807, 2.05) is 38.1 Å². The van der Waals surface area contributed by atoms with Crippen LogP contribution in [0.5, 0.6) is 5.75 Å². The summed E-state index contributed by atoms with van der Waals surface area (Å²) in [6, 6.07) is 11.4. The van der Waals surface area contributed by atoms with E-state index in [1.165, 1.54) is 19.2 Å². The average molecular weight is 381 g/mol. The molecule has 1 aromatic heterocycles. The Morgan fingerprint density at radius 3 is 2.57 bits per heavy atom. The lowest BCUT2D eigenvalue weighted by molar-refractivity contribution is 0.0472. The molecule has 3 aromatic rings. The second-order valence-electron chi connectivity index (χ2n) is 6.28. The van der Waals surface area contributed by atoms with Crippen molar-refractivity contribution in [3.8, 4) is 5.75 Å². The van der Waals surface area contributed by atoms with Crippen LogP contribution in [0.2, 0.25) is 0 Å². The zero-order chi connectivity index (χ0) is 20.3. The lowest BCUT2D eigenvalue weighted by Gasteiger charge is -2.13. The minimum absolute atomic E-state index is 0.0407. The normalized spacial score (nSPS) is 10.7. The van der Waals surface area contributed by atoms with E-state index >= 15 is 0 Å². The number of para-hydroxylation sites is 1. The van der Waals surface area contributed by atoms with Crippen molar-refractivity contribution in [3.63, 3.8) is 0 Å². The first kappa shape index (κ1) is 19.5. The number of halogens is 1. The van der Waals surface area contributed by atoms with E-state index in [-0.39, 0.29) is 11.3 Å². The minimum atomic E-state index is -0.650. The highest BCUT2D eigenvalue weighted by Crippen LogP contribution is 2.24. The predicted octanol–water partition coefficient (Wildman–Crippen LogP) is 4.29. The molecular formula is C22H20FNO4. The van der Waals surface area contributed by atoms with Gasteiger partial charge in [0.25, 0.3) is 0 Å². The van der Waals surface area contributed by atoms with E-state index < -0.39 is 24.2 Å². The Balaban J connectivity index is 1.82. The molecule has 144 valence electrons. The van der Waals surface area contributed by atoms with Crippen LogP contribution in [-0.4, -0.2) is 30.5 Å². The summed E-state index contributed by atoms with van der Waals surface area (Å²) in [5.41, 5.74) is 2.66. The summed E-state index contributed by atoms with van der Waals surface area (Å²) in [6.07, 6.45) is 0.549. The molecule has 28 heavy (non-hydrogen) atoms. The average Bonchev–Trinajstić information content (AvgIpc) is 2.71. The number of benzene rings is 2. The standard InChI is InChI=1S/C22H20FNO4/c1-4-17-21(13(2)15-7-5-6-8-18(15)24-17)22(26)28-12-19(25)14-9-10-20(27-3)16(23)11-14/h5-11H,4,12H2,1-3H3. The summed E-state index contributed by atoms with van der Waals surface area (Å²) in [5, 5.41) is 0.857. The van der Waals surface area contributed by atoms with Crippen LogP contribution in [0.3, 0.4) is 0 Å². The molecule has 0 amide bonds. The summed E-state index contributed by atoms with van der Waals surface area (Å²) < 4.78 is 23.8. The Kier molecular flexibility index (Phi) is 5.68. The quantitative estimate of drug-likeness (QED) is 0.471. The summed E-state index contributed by atoms with van der Waals surface area (Å²) >= 11 is 0. The fraction of sp³-hybridized carbons (Fsp3) is 0.227. The van der Waals surface area contributed by atoms with Gasteiger partial charge in [-0.3, -0.25) is 9.78 Å². The van der Waals surface area contributed by atoms with E-state index in [1.54, 1.807) is 0 Å². The molecule has 5 nitrogen and oxygen atoms in total. The minimum Gasteiger partial charge on any atom is -0.494 e. The van der Waals surface area contributed by atoms with Crippen molar-refractivity contribution in [2.24, 2.45) is 0 Å². The van der Waals surface area contributed by atoms with Crippen molar-refractivity contribution in [1.82, 2.24) is 4.98 Å². The molecule has 1 heterocycles. The molecule has 0 aliphatic heterocycles. The van der Waals surface area contributed by atoms with Gasteiger partial charge in [-0.15, -0.1) is 0 Å². The summed E-state index contributed by atoms with van der Waals surface area (Å²) in [4.78, 5) is 29.5. The van der Waals surface area contributed by atoms with Gasteiger partial charge in [0.15, 0.2) is 24.0 Å². The second-order valence-corrected chi connectivity index (χ2v) is 6.28. The molecule has 0 aliphatic rings. The topological polar surface area (TPSA) is 65.5 Å². The maximum absolute atomic E-state index is 13.8. The van der Waals surface area contributed by atoms with Gasteiger partial charge in [0, 0.05) is 10.9 Å². The number of Topliss-reactive ketones (excluding diaryl/α,β-unsaturated/α-hetero) is 1. The van der Waals surface area contributed by atoms with Crippen molar-refractivity contribution >= 4 is 22.7 Å². The largest absolute Gasteiger partial charge is 0.494 e. The van der Waals surface area contributed by atoms with E-state index in [4.69, 9.17) is 9.47 Å². The monoisotopic (exact) mass is 381 g/mol. The number of rotatable bonds is 6. The number of ketones is 1. The van der Waals surface area contributed by atoms with E-state index in [0.717, 1.165) is 22.5 Å². The van der Waals surface area contributed by atoms with Crippen LogP contribution in [-0.2, 0) is 11.2 Å². The zero-order valence-electron chi connectivity index (χ0n) is 15.9. The SMILES string of the molecule is CCc1nc2ccccc2c(C)c1C(=O)OCC(=O)c1ccc(OC)c(F)c1. The molecule has 0 saturated carbocycles. The molecule has 0 fully saturated rings. The van der Waals surface area contributed by atoms with Gasteiger partial charge in [-0.25, -0.2) is 9.18 Å². The van der Waals surface area contributed by atoms with Crippen molar-refractivity contribution < 1.29 is 23.5 Å². The second kappa shape index (κ2) is 8.17. The smallest absolute Gasteiger partial charge is 0.340 e. The van der Waals surface area contributed by atoms with Crippen molar-refractivity contribution in [2.75, 3.05) is 13.7 Å². The number of nitrogens with zero attached hydrogens (tertiary/aromatic N) is 1. The number of ether oxygens (including phenoxy) is 2. The molecule has 6 heteroatoms. The lowest BCUT2D eigenvalue weighted by Crippen LogP contribution is -2.17. The van der Waals surface area contributed by atoms with Crippen molar-refractivity contribution in [1.29, 1.82) is 0 Å². The van der Waals surface area contributed by atoms with Crippen molar-refractivity contribution in [2.45, 2.75) is 20.3 Å². The number of carbonyl (C=O) groups is 2. The van der Waals surface area contributed by atoms with E-state index in [0.29, 0.717) is 17.7 Å². The van der Waals surface area contributed by atoms with Crippen LogP contribution >= 0.6 is 0 Å². The highest BCUT2D eigenvalue weighted by atomic mass is 19.1. The molecule has 0 spiro atoms. The van der Waals surface area contributed by atoms with Crippen LogP contribution in [0.1, 0.15) is 38.9 Å². The Morgan fingerprint density at radius 1 is 1.14 bits per heavy atom. The van der Waals surface area contributed by atoms with Crippen LogP contribution < -0.4 is 4.74 Å². The van der Waals surface area contributed by atoms with Gasteiger partial charge in [0.1, 0.15) is 0 Å². The van der Waals surface area contributed by atoms with Crippen LogP contribution in [0.4, 0.5) is 4.39 Å². The molecule has 0 bridgehead atoms. The van der Waals surface area contributed by atoms with Gasteiger partial charge in [-0.1, -0.05) is 25.1 Å². The Bertz CT molecular complexity index is 1060. The number of esters is 1. The fourth-order valence-corrected chi connectivity index (χ4v) is 3.09. The van der Waals surface area contributed by atoms with E-state index in [2.05, 4.69) is 4.98 Å². The predicted molar refractivity (Wildman–Crippen MR) is 103 cm³/mol. The number of aromatic nitrogens is 1. The molecule has 0 unspecified atom stereocenters. The molecule has 0 N–H and O–H groups in total. The van der Waals surface area contributed by atoms with Crippen molar-refractivity contribution in [3.05, 3.63) is 70.7 Å². The number of hydrogen-bond acceptors (Lipinski definition) is 5. The number of aryl methyl sites for hydroxylation is 2. The molecular weight excluding hydrogens is 361 g/mol. The first-order valence-electron chi connectivity index (χ1n) is 8.88. The fourth-order valence-electron chi connectivity index (χ4n) is 3.09. The van der Waals surface area contributed by atoms with Gasteiger partial charge in [0.05, 0.1) is 23.9 Å². The first-order chi connectivity index (χ1) is 13.5. The highest BCUT2D eigenvalue weighted by Gasteiger charge is 2.20. The summed E-state index contributed by atoms with van der Waals surface area (Å²) in [7, 11) is 1.34. The number of pyridine rings is 1. The summed E-state index contributed by atoms with van der Waals surface area (Å²) in [6.45, 7) is 3.25. The zero-order valence-corrected chi connectivity index (χ0v) is 15.9. The maximum Gasteiger partial charge on any atom is 0.340 e. The third-order valence-corrected chi connectivity index (χ3v) is 4.57. The van der Waals surface area contributed by atoms with E-state index in [9.17, 15) is 14.0 Å². The Labute approximate surface area is 162 Å². The van der Waals surface area contributed by atoms with Crippen LogP contribution in [0.25, 0.3) is 10.9 Å². The third-order valence-electron chi connectivity index (χ3n) is 4.57. The Morgan fingerprint density at radius 2 is 1.89 bits per heavy atom. The number of hydrogen-bond donors (Lipinski definition) is 0. The van der Waals surface area contributed by atoms with Gasteiger partial charge in [-0.2, -0.15) is 0 Å². The molecule has 0 saturated heterocycles. The van der Waals surface area contributed by atoms with Gasteiger partial charge in [-0.05, 0) is 43.2 Å². The first-order valence-corrected chi connectivity index (χ1v) is 8.88. The molecule has 0 atom stereocenters. The molecule has 2 aromatic carbocycles. The molecule has 3 rings (SSSR count). The van der Waals surface area contributed by atoms with Gasteiger partial charge in [0.2, 0.25) is 0 Å². The number of fused-ring (bicyclic) bond motifs is 1. The van der Waals surface area contributed by atoms with Crippen LogP contribution in [0.15, 0.2) is 42.5 Å². The lowest BCUT2D eigenvalue weighted by atomic mass is 10.0. The highest BCUT2D eigenvalue weighted by molar-refractivity contribution is 6.01. The third kappa shape index (κ3) is 3.71. The number of methoxy groups -OCH3 is 1. The Hall–Kier alpha value is -3.28. The van der Waals surface area contributed by atoms with Gasteiger partial charge < -0.3 is 9.47 Å². The summed E-state index contributed by atoms with van der Waals surface area (Å²) in [5.74, 6) is -1.73. The van der Waals surface area contributed by atoms with Gasteiger partial charge >= 0.3 is 5.97 Å².